The number of nitrogens with two attached hydrogens (primary N) is 1. The minimum atomic E-state index is 0.0726. The van der Waals surface area contributed by atoms with Gasteiger partial charge in [0.1, 0.15) is 0 Å². The molecule has 0 aromatic rings. The first kappa shape index (κ1) is 14.8. The monoisotopic (exact) mass is 268 g/mol. The van der Waals surface area contributed by atoms with Crippen molar-refractivity contribution in [3.8, 4) is 0 Å². The second-order valence-corrected chi connectivity index (χ2v) is 6.45. The summed E-state index contributed by atoms with van der Waals surface area (Å²) in [6.07, 6.45) is 8.47. The molecule has 2 aliphatic rings. The van der Waals surface area contributed by atoms with Crippen LogP contribution in [0, 0.1) is 11.3 Å². The quantitative estimate of drug-likeness (QED) is 0.812. The number of hydrogen-bond acceptors (Lipinski definition) is 3. The van der Waals surface area contributed by atoms with E-state index in [2.05, 4.69) is 0 Å². The number of aliphatic hydroxyl groups excluding tert-OH is 1. The predicted molar refractivity (Wildman–Crippen MR) is 75.6 cm³/mol. The lowest BCUT2D eigenvalue weighted by atomic mass is 9.71. The van der Waals surface area contributed by atoms with Gasteiger partial charge in [-0.25, -0.2) is 0 Å². The fraction of sp³-hybridized carbons (Fsp3) is 0.933. The molecule has 19 heavy (non-hydrogen) atoms. The second kappa shape index (κ2) is 6.71. The smallest absolute Gasteiger partial charge is 0.223 e. The summed E-state index contributed by atoms with van der Waals surface area (Å²) < 4.78 is 0. The molecule has 1 saturated heterocycles. The van der Waals surface area contributed by atoms with Crippen molar-refractivity contribution in [1.29, 1.82) is 0 Å². The van der Waals surface area contributed by atoms with E-state index in [0.29, 0.717) is 18.9 Å². The zero-order chi connectivity index (χ0) is 13.7. The Morgan fingerprint density at radius 2 is 1.84 bits per heavy atom. The summed E-state index contributed by atoms with van der Waals surface area (Å²) in [4.78, 5) is 14.4. The van der Waals surface area contributed by atoms with Gasteiger partial charge in [-0.1, -0.05) is 19.3 Å². The van der Waals surface area contributed by atoms with E-state index in [1.807, 2.05) is 4.90 Å². The topological polar surface area (TPSA) is 66.6 Å². The molecule has 0 unspecified atom stereocenters. The first-order chi connectivity index (χ1) is 9.19. The Labute approximate surface area is 116 Å². The Bertz CT molecular complexity index is 293. The molecule has 1 amide bonds. The van der Waals surface area contributed by atoms with Crippen LogP contribution in [0.25, 0.3) is 0 Å². The average Bonchev–Trinajstić information content (AvgIpc) is 2.48. The van der Waals surface area contributed by atoms with Gasteiger partial charge in [0.05, 0.1) is 0 Å². The molecule has 3 N–H and O–H groups in total. The number of nitrogens with zero attached hydrogens (tertiary/aromatic N) is 1. The minimum absolute atomic E-state index is 0.0726. The Morgan fingerprint density at radius 1 is 1.21 bits per heavy atom. The molecule has 0 bridgehead atoms. The van der Waals surface area contributed by atoms with E-state index in [1.54, 1.807) is 0 Å². The van der Waals surface area contributed by atoms with E-state index < -0.39 is 0 Å². The third kappa shape index (κ3) is 3.69. The highest BCUT2D eigenvalue weighted by molar-refractivity contribution is 5.77. The normalized spacial score (nSPS) is 24.4. The lowest BCUT2D eigenvalue weighted by Crippen LogP contribution is -2.44. The molecule has 2 fully saturated rings. The summed E-state index contributed by atoms with van der Waals surface area (Å²) in [5.74, 6) is 0.672. The fourth-order valence-electron chi connectivity index (χ4n) is 3.55. The molecule has 0 radical (unpaired) electrons. The molecule has 0 atom stereocenters. The van der Waals surface area contributed by atoms with Crippen molar-refractivity contribution in [2.45, 2.75) is 51.4 Å². The number of carbonyl (C=O) groups excluding carboxylic acids is 1. The molecule has 1 aliphatic carbocycles. The number of hydrogen-bond donors (Lipinski definition) is 2. The van der Waals surface area contributed by atoms with Crippen molar-refractivity contribution >= 4 is 5.91 Å². The summed E-state index contributed by atoms with van der Waals surface area (Å²) >= 11 is 0. The molecule has 0 spiro atoms. The third-order valence-electron chi connectivity index (χ3n) is 5.10. The van der Waals surface area contributed by atoms with E-state index in [9.17, 15) is 4.79 Å². The van der Waals surface area contributed by atoms with Crippen LogP contribution < -0.4 is 5.73 Å². The van der Waals surface area contributed by atoms with E-state index in [0.717, 1.165) is 38.8 Å². The van der Waals surface area contributed by atoms with Crippen molar-refractivity contribution in [3.05, 3.63) is 0 Å². The summed E-state index contributed by atoms with van der Waals surface area (Å²) in [6, 6.07) is 0. The van der Waals surface area contributed by atoms with Gasteiger partial charge in [-0.3, -0.25) is 4.79 Å². The lowest BCUT2D eigenvalue weighted by molar-refractivity contribution is -0.135. The third-order valence-corrected chi connectivity index (χ3v) is 5.10. The van der Waals surface area contributed by atoms with Crippen LogP contribution in [-0.4, -0.2) is 42.2 Å². The first-order valence-electron chi connectivity index (χ1n) is 7.78. The van der Waals surface area contributed by atoms with Gasteiger partial charge in [-0.2, -0.15) is 0 Å². The van der Waals surface area contributed by atoms with Gasteiger partial charge in [0.25, 0.3) is 0 Å². The zero-order valence-electron chi connectivity index (χ0n) is 11.9. The van der Waals surface area contributed by atoms with Gasteiger partial charge in [0.15, 0.2) is 0 Å². The van der Waals surface area contributed by atoms with E-state index in [4.69, 9.17) is 10.8 Å². The molecule has 1 aliphatic heterocycles. The maximum absolute atomic E-state index is 12.4. The molecule has 4 heteroatoms. The van der Waals surface area contributed by atoms with E-state index in [-0.39, 0.29) is 17.9 Å². The molecule has 1 saturated carbocycles. The van der Waals surface area contributed by atoms with E-state index >= 15 is 0 Å². The molecule has 2 rings (SSSR count). The highest BCUT2D eigenvalue weighted by Gasteiger charge is 2.35. The molecular formula is C15H28N2O2. The standard InChI is InChI=1S/C15H28N2O2/c16-12-15(6-2-1-3-7-15)10-14(19)17-8-4-13(11-18)5-9-17/h13,18H,1-12,16H2. The number of aliphatic hydroxyl groups is 1. The van der Waals surface area contributed by atoms with Crippen LogP contribution in [0.3, 0.4) is 0 Å². The summed E-state index contributed by atoms with van der Waals surface area (Å²) in [5, 5.41) is 9.14. The molecule has 4 nitrogen and oxygen atoms in total. The van der Waals surface area contributed by atoms with Gasteiger partial charge in [-0.05, 0) is 43.6 Å². The van der Waals surface area contributed by atoms with Gasteiger partial charge < -0.3 is 15.7 Å². The maximum Gasteiger partial charge on any atom is 0.223 e. The first-order valence-corrected chi connectivity index (χ1v) is 7.78. The number of amides is 1. The van der Waals surface area contributed by atoms with Crippen LogP contribution in [0.4, 0.5) is 0 Å². The van der Waals surface area contributed by atoms with Crippen molar-refractivity contribution in [3.63, 3.8) is 0 Å². The Morgan fingerprint density at radius 3 is 2.37 bits per heavy atom. The van der Waals surface area contributed by atoms with Gasteiger partial charge >= 0.3 is 0 Å². The van der Waals surface area contributed by atoms with Crippen molar-refractivity contribution in [2.75, 3.05) is 26.2 Å². The van der Waals surface area contributed by atoms with Gasteiger partial charge in [-0.15, -0.1) is 0 Å². The highest BCUT2D eigenvalue weighted by atomic mass is 16.3. The summed E-state index contributed by atoms with van der Waals surface area (Å²) in [6.45, 7) is 2.52. The largest absolute Gasteiger partial charge is 0.396 e. The molecule has 0 aromatic carbocycles. The highest BCUT2D eigenvalue weighted by Crippen LogP contribution is 2.39. The fourth-order valence-corrected chi connectivity index (χ4v) is 3.55. The number of likely N-dealkylation sites (tertiary alicyclic amines) is 1. The average molecular weight is 268 g/mol. The van der Waals surface area contributed by atoms with Gasteiger partial charge in [0.2, 0.25) is 5.91 Å². The number of piperidine rings is 1. The van der Waals surface area contributed by atoms with Crippen LogP contribution in [0.2, 0.25) is 0 Å². The molecule has 0 aromatic heterocycles. The molecule has 1 heterocycles. The Balaban J connectivity index is 1.86. The van der Waals surface area contributed by atoms with Crippen LogP contribution >= 0.6 is 0 Å². The number of carbonyl (C=O) groups is 1. The molecule has 110 valence electrons. The summed E-state index contributed by atoms with van der Waals surface area (Å²) in [5.41, 5.74) is 6.03. The van der Waals surface area contributed by atoms with E-state index in [1.165, 1.54) is 19.3 Å². The van der Waals surface area contributed by atoms with Gasteiger partial charge in [0, 0.05) is 26.1 Å². The van der Waals surface area contributed by atoms with Crippen LogP contribution in [0.1, 0.15) is 51.4 Å². The van der Waals surface area contributed by atoms with Crippen molar-refractivity contribution < 1.29 is 9.90 Å². The van der Waals surface area contributed by atoms with Crippen LogP contribution in [-0.2, 0) is 4.79 Å². The SMILES string of the molecule is NCC1(CC(=O)N2CCC(CO)CC2)CCCCC1. The summed E-state index contributed by atoms with van der Waals surface area (Å²) in [7, 11) is 0. The van der Waals surface area contributed by atoms with Crippen molar-refractivity contribution in [1.82, 2.24) is 4.90 Å². The van der Waals surface area contributed by atoms with Crippen LogP contribution in [0.5, 0.6) is 0 Å². The lowest BCUT2D eigenvalue weighted by Gasteiger charge is -2.38. The Hall–Kier alpha value is -0.610. The second-order valence-electron chi connectivity index (χ2n) is 6.45. The zero-order valence-corrected chi connectivity index (χ0v) is 11.9. The number of rotatable bonds is 4. The van der Waals surface area contributed by atoms with Crippen molar-refractivity contribution in [2.24, 2.45) is 17.1 Å². The van der Waals surface area contributed by atoms with Crippen LogP contribution in [0.15, 0.2) is 0 Å². The molecular weight excluding hydrogens is 240 g/mol. The maximum atomic E-state index is 12.4. The predicted octanol–water partition coefficient (Wildman–Crippen LogP) is 1.52. The Kier molecular flexibility index (Phi) is 5.22. The minimum Gasteiger partial charge on any atom is -0.396 e.